The molecule has 2 rings (SSSR count). The van der Waals surface area contributed by atoms with Crippen LogP contribution in [0.3, 0.4) is 0 Å². The molecule has 0 amide bonds. The summed E-state index contributed by atoms with van der Waals surface area (Å²) < 4.78 is 5.49. The highest BCUT2D eigenvalue weighted by Gasteiger charge is 2.35. The van der Waals surface area contributed by atoms with Crippen molar-refractivity contribution in [2.24, 2.45) is 17.3 Å². The van der Waals surface area contributed by atoms with Crippen LogP contribution >= 0.6 is 0 Å². The first kappa shape index (κ1) is 17.2. The molecule has 3 heteroatoms. The van der Waals surface area contributed by atoms with Crippen LogP contribution in [0.1, 0.15) is 52.4 Å². The summed E-state index contributed by atoms with van der Waals surface area (Å²) in [6, 6.07) is 0. The summed E-state index contributed by atoms with van der Waals surface area (Å²) in [7, 11) is 2.33. The third kappa shape index (κ3) is 5.54. The van der Waals surface area contributed by atoms with Crippen molar-refractivity contribution in [3.8, 4) is 0 Å². The van der Waals surface area contributed by atoms with E-state index in [9.17, 15) is 0 Å². The van der Waals surface area contributed by atoms with Gasteiger partial charge >= 0.3 is 0 Å². The van der Waals surface area contributed by atoms with E-state index in [1.54, 1.807) is 0 Å². The van der Waals surface area contributed by atoms with Gasteiger partial charge in [0.25, 0.3) is 0 Å². The Morgan fingerprint density at radius 1 is 1.14 bits per heavy atom. The van der Waals surface area contributed by atoms with Crippen LogP contribution in [0.5, 0.6) is 0 Å². The number of rotatable bonds is 7. The summed E-state index contributed by atoms with van der Waals surface area (Å²) in [6.45, 7) is 11.4. The molecular formula is C18H36N2O. The first-order valence-corrected chi connectivity index (χ1v) is 9.10. The first-order chi connectivity index (χ1) is 10.1. The molecule has 0 bridgehead atoms. The molecule has 124 valence electrons. The minimum absolute atomic E-state index is 0.516. The largest absolute Gasteiger partial charge is 0.381 e. The van der Waals surface area contributed by atoms with Crippen LogP contribution in [0.25, 0.3) is 0 Å². The van der Waals surface area contributed by atoms with Gasteiger partial charge in [0, 0.05) is 32.8 Å². The number of hydrogen-bond donors (Lipinski definition) is 1. The lowest BCUT2D eigenvalue weighted by Gasteiger charge is -2.43. The van der Waals surface area contributed by atoms with E-state index in [0.717, 1.165) is 31.6 Å². The van der Waals surface area contributed by atoms with Crippen molar-refractivity contribution in [1.29, 1.82) is 0 Å². The molecule has 2 aliphatic rings. The smallest absolute Gasteiger partial charge is 0.0469 e. The van der Waals surface area contributed by atoms with Crippen molar-refractivity contribution in [2.45, 2.75) is 52.4 Å². The third-order valence-electron chi connectivity index (χ3n) is 5.60. The minimum atomic E-state index is 0.516. The quantitative estimate of drug-likeness (QED) is 0.781. The molecule has 1 aliphatic carbocycles. The second kappa shape index (κ2) is 8.50. The van der Waals surface area contributed by atoms with Gasteiger partial charge in [0.1, 0.15) is 0 Å². The van der Waals surface area contributed by atoms with Crippen LogP contribution in [0.4, 0.5) is 0 Å². The molecule has 0 aromatic rings. The van der Waals surface area contributed by atoms with Gasteiger partial charge in [-0.05, 0) is 56.5 Å². The van der Waals surface area contributed by atoms with Gasteiger partial charge in [-0.3, -0.25) is 0 Å². The van der Waals surface area contributed by atoms with Crippen LogP contribution in [-0.2, 0) is 4.74 Å². The molecule has 0 aromatic heterocycles. The zero-order valence-corrected chi connectivity index (χ0v) is 14.5. The Morgan fingerprint density at radius 2 is 1.81 bits per heavy atom. The molecule has 1 saturated carbocycles. The molecule has 21 heavy (non-hydrogen) atoms. The summed E-state index contributed by atoms with van der Waals surface area (Å²) in [5.74, 6) is 1.78. The highest BCUT2D eigenvalue weighted by atomic mass is 16.5. The van der Waals surface area contributed by atoms with Crippen LogP contribution in [-0.4, -0.2) is 51.3 Å². The Morgan fingerprint density at radius 3 is 2.43 bits per heavy atom. The molecular weight excluding hydrogens is 260 g/mol. The second-order valence-corrected chi connectivity index (χ2v) is 7.72. The van der Waals surface area contributed by atoms with Crippen LogP contribution < -0.4 is 5.32 Å². The fourth-order valence-corrected chi connectivity index (χ4v) is 4.16. The van der Waals surface area contributed by atoms with E-state index in [-0.39, 0.29) is 0 Å². The normalized spacial score (nSPS) is 31.7. The molecule has 0 aromatic carbocycles. The van der Waals surface area contributed by atoms with E-state index in [4.69, 9.17) is 4.74 Å². The fourth-order valence-electron chi connectivity index (χ4n) is 4.16. The molecule has 1 aliphatic heterocycles. The minimum Gasteiger partial charge on any atom is -0.381 e. The Kier molecular flexibility index (Phi) is 6.97. The Bertz CT molecular complexity index is 275. The van der Waals surface area contributed by atoms with Crippen molar-refractivity contribution in [2.75, 3.05) is 46.4 Å². The van der Waals surface area contributed by atoms with E-state index in [1.165, 1.54) is 58.2 Å². The molecule has 1 saturated heterocycles. The van der Waals surface area contributed by atoms with E-state index in [0.29, 0.717) is 5.41 Å². The number of nitrogens with one attached hydrogen (secondary N) is 1. The summed E-state index contributed by atoms with van der Waals surface area (Å²) in [5.41, 5.74) is 0.516. The average molecular weight is 296 g/mol. The highest BCUT2D eigenvalue weighted by Crippen LogP contribution is 2.39. The van der Waals surface area contributed by atoms with Crippen molar-refractivity contribution >= 4 is 0 Å². The van der Waals surface area contributed by atoms with Gasteiger partial charge in [0.05, 0.1) is 0 Å². The van der Waals surface area contributed by atoms with Gasteiger partial charge in [-0.25, -0.2) is 0 Å². The molecule has 0 radical (unpaired) electrons. The van der Waals surface area contributed by atoms with Gasteiger partial charge in [-0.15, -0.1) is 0 Å². The zero-order chi connectivity index (χ0) is 15.1. The van der Waals surface area contributed by atoms with E-state index in [2.05, 4.69) is 31.1 Å². The lowest BCUT2D eigenvalue weighted by Crippen LogP contribution is -2.46. The number of ether oxygens (including phenoxy) is 1. The summed E-state index contributed by atoms with van der Waals surface area (Å²) in [5, 5.41) is 3.64. The number of nitrogens with zero attached hydrogens (tertiary/aromatic N) is 1. The molecule has 0 spiro atoms. The summed E-state index contributed by atoms with van der Waals surface area (Å²) in [4.78, 5) is 2.61. The van der Waals surface area contributed by atoms with Crippen LogP contribution in [0, 0.1) is 17.3 Å². The van der Waals surface area contributed by atoms with Gasteiger partial charge in [-0.1, -0.05) is 26.7 Å². The second-order valence-electron chi connectivity index (χ2n) is 7.72. The maximum Gasteiger partial charge on any atom is 0.0469 e. The van der Waals surface area contributed by atoms with Crippen molar-refractivity contribution in [3.05, 3.63) is 0 Å². The average Bonchev–Trinajstić information content (AvgIpc) is 2.49. The molecule has 1 heterocycles. The Balaban J connectivity index is 1.84. The van der Waals surface area contributed by atoms with Gasteiger partial charge in [0.2, 0.25) is 0 Å². The molecule has 0 atom stereocenters. The van der Waals surface area contributed by atoms with Crippen LogP contribution in [0.2, 0.25) is 0 Å². The summed E-state index contributed by atoms with van der Waals surface area (Å²) in [6.07, 6.45) is 8.13. The predicted octanol–water partition coefficient (Wildman–Crippen LogP) is 3.15. The van der Waals surface area contributed by atoms with Crippen molar-refractivity contribution in [3.63, 3.8) is 0 Å². The Hall–Kier alpha value is -0.120. The Labute approximate surface area is 131 Å². The molecule has 2 fully saturated rings. The van der Waals surface area contributed by atoms with Gasteiger partial charge < -0.3 is 15.0 Å². The molecule has 0 unspecified atom stereocenters. The number of hydrogen-bond acceptors (Lipinski definition) is 3. The van der Waals surface area contributed by atoms with Gasteiger partial charge in [0.15, 0.2) is 0 Å². The topological polar surface area (TPSA) is 24.5 Å². The van der Waals surface area contributed by atoms with Crippen molar-refractivity contribution < 1.29 is 4.74 Å². The maximum absolute atomic E-state index is 5.49. The zero-order valence-electron chi connectivity index (χ0n) is 14.5. The van der Waals surface area contributed by atoms with Crippen molar-refractivity contribution in [1.82, 2.24) is 10.2 Å². The first-order valence-electron chi connectivity index (χ1n) is 9.10. The molecule has 3 nitrogen and oxygen atoms in total. The predicted molar refractivity (Wildman–Crippen MR) is 89.6 cm³/mol. The lowest BCUT2D eigenvalue weighted by molar-refractivity contribution is 0.0421. The van der Waals surface area contributed by atoms with Crippen LogP contribution in [0.15, 0.2) is 0 Å². The third-order valence-corrected chi connectivity index (χ3v) is 5.60. The van der Waals surface area contributed by atoms with E-state index < -0.39 is 0 Å². The SMILES string of the molecule is CCNCC1(CN(C)CC2CCOCC2)CCC(C)CC1. The van der Waals surface area contributed by atoms with Gasteiger partial charge in [-0.2, -0.15) is 0 Å². The summed E-state index contributed by atoms with van der Waals surface area (Å²) >= 11 is 0. The highest BCUT2D eigenvalue weighted by molar-refractivity contribution is 4.89. The molecule has 1 N–H and O–H groups in total. The maximum atomic E-state index is 5.49. The monoisotopic (exact) mass is 296 g/mol. The van der Waals surface area contributed by atoms with E-state index >= 15 is 0 Å². The fraction of sp³-hybridized carbons (Fsp3) is 1.00. The lowest BCUT2D eigenvalue weighted by atomic mass is 9.70. The van der Waals surface area contributed by atoms with E-state index in [1.807, 2.05) is 0 Å². The standard InChI is InChI=1S/C18H36N2O/c1-4-19-14-18(9-5-16(2)6-10-18)15-20(3)13-17-7-11-21-12-8-17/h16-17,19H,4-15H2,1-3H3.